The zero-order valence-corrected chi connectivity index (χ0v) is 18.7. The highest BCUT2D eigenvalue weighted by Crippen LogP contribution is 2.37. The molecule has 0 fully saturated rings. The van der Waals surface area contributed by atoms with Crippen LogP contribution in [0.15, 0.2) is 46.2 Å². The van der Waals surface area contributed by atoms with Crippen molar-refractivity contribution in [3.8, 4) is 11.5 Å². The summed E-state index contributed by atoms with van der Waals surface area (Å²) < 4.78 is 37.1. The molecule has 4 nitrogen and oxygen atoms in total. The van der Waals surface area contributed by atoms with E-state index < -0.39 is 9.84 Å². The van der Waals surface area contributed by atoms with Crippen LogP contribution in [0.3, 0.4) is 0 Å². The lowest BCUT2D eigenvalue weighted by molar-refractivity contribution is 0.257. The van der Waals surface area contributed by atoms with Crippen LogP contribution in [0.1, 0.15) is 40.0 Å². The number of halogens is 2. The van der Waals surface area contributed by atoms with Gasteiger partial charge in [0.15, 0.2) is 5.75 Å². The van der Waals surface area contributed by atoms with Gasteiger partial charge in [0.2, 0.25) is 9.84 Å². The highest BCUT2D eigenvalue weighted by Gasteiger charge is 2.22. The number of sulfone groups is 1. The second-order valence-corrected chi connectivity index (χ2v) is 9.48. The largest absolute Gasteiger partial charge is 0.494 e. The number of hydrogen-bond donors (Lipinski definition) is 0. The van der Waals surface area contributed by atoms with Crippen molar-refractivity contribution in [3.05, 3.63) is 46.4 Å². The summed E-state index contributed by atoms with van der Waals surface area (Å²) in [6.07, 6.45) is 2.94. The van der Waals surface area contributed by atoms with Gasteiger partial charge in [0, 0.05) is 0 Å². The Bertz CT molecular complexity index is 857. The van der Waals surface area contributed by atoms with Crippen molar-refractivity contribution >= 4 is 33.0 Å². The third-order valence-corrected chi connectivity index (χ3v) is 6.70. The molecule has 1 atom stereocenters. The van der Waals surface area contributed by atoms with E-state index in [0.717, 1.165) is 19.3 Å². The first-order chi connectivity index (χ1) is 13.3. The molecule has 0 aromatic heterocycles. The van der Waals surface area contributed by atoms with Gasteiger partial charge in [-0.05, 0) is 48.7 Å². The molecular weight excluding hydrogens is 419 g/mol. The van der Waals surface area contributed by atoms with E-state index in [2.05, 4.69) is 20.8 Å². The number of benzene rings is 2. The lowest BCUT2D eigenvalue weighted by atomic mass is 10.1. The maximum absolute atomic E-state index is 12.9. The quantitative estimate of drug-likeness (QED) is 0.396. The van der Waals surface area contributed by atoms with Gasteiger partial charge >= 0.3 is 0 Å². The third kappa shape index (κ3) is 5.79. The highest BCUT2D eigenvalue weighted by atomic mass is 35.5. The Morgan fingerprint density at radius 1 is 0.964 bits per heavy atom. The summed E-state index contributed by atoms with van der Waals surface area (Å²) >= 11 is 12.5. The standard InChI is InChI=1S/C21H26Cl2O4S/c1-4-6-11-26-16-7-9-17(10-8-16)28(24,25)18-12-19(22)21(20(23)13-18)27-14-15(3)5-2/h7-10,12-13,15H,4-6,11,14H2,1-3H3/t15-/m1/s1. The minimum atomic E-state index is -3.76. The van der Waals surface area contributed by atoms with Gasteiger partial charge in [0.25, 0.3) is 0 Å². The summed E-state index contributed by atoms with van der Waals surface area (Å²) in [7, 11) is -3.76. The van der Waals surface area contributed by atoms with Gasteiger partial charge in [0.05, 0.1) is 33.0 Å². The van der Waals surface area contributed by atoms with Gasteiger partial charge in [-0.1, -0.05) is 56.8 Å². The number of ether oxygens (including phenoxy) is 2. The van der Waals surface area contributed by atoms with Crippen LogP contribution in [0, 0.1) is 5.92 Å². The Morgan fingerprint density at radius 3 is 2.11 bits per heavy atom. The molecule has 0 radical (unpaired) electrons. The summed E-state index contributed by atoms with van der Waals surface area (Å²) in [4.78, 5) is 0.175. The van der Waals surface area contributed by atoms with E-state index >= 15 is 0 Å². The van der Waals surface area contributed by atoms with Crippen molar-refractivity contribution in [1.29, 1.82) is 0 Å². The van der Waals surface area contributed by atoms with Gasteiger partial charge in [-0.15, -0.1) is 0 Å². The fraction of sp³-hybridized carbons (Fsp3) is 0.429. The molecule has 2 rings (SSSR count). The van der Waals surface area contributed by atoms with Crippen LogP contribution in [0.2, 0.25) is 10.0 Å². The maximum Gasteiger partial charge on any atom is 0.206 e. The summed E-state index contributed by atoms with van der Waals surface area (Å²) in [6.45, 7) is 7.26. The molecule has 0 aliphatic carbocycles. The fourth-order valence-electron chi connectivity index (χ4n) is 2.36. The van der Waals surface area contributed by atoms with Crippen LogP contribution in [-0.2, 0) is 9.84 Å². The summed E-state index contributed by atoms with van der Waals surface area (Å²) in [5.74, 6) is 1.29. The van der Waals surface area contributed by atoms with E-state index in [4.69, 9.17) is 32.7 Å². The van der Waals surface area contributed by atoms with Crippen LogP contribution in [0.25, 0.3) is 0 Å². The molecular formula is C21H26Cl2O4S. The smallest absolute Gasteiger partial charge is 0.206 e. The highest BCUT2D eigenvalue weighted by molar-refractivity contribution is 7.91. The molecule has 2 aromatic carbocycles. The van der Waals surface area contributed by atoms with Crippen molar-refractivity contribution in [2.75, 3.05) is 13.2 Å². The van der Waals surface area contributed by atoms with Gasteiger partial charge < -0.3 is 9.47 Å². The molecule has 28 heavy (non-hydrogen) atoms. The minimum absolute atomic E-state index is 0.0260. The van der Waals surface area contributed by atoms with Crippen LogP contribution >= 0.6 is 23.2 Å². The Kier molecular flexibility index (Phi) is 8.47. The Labute approximate surface area is 177 Å². The molecule has 0 bridgehead atoms. The second kappa shape index (κ2) is 10.4. The van der Waals surface area contributed by atoms with E-state index in [1.54, 1.807) is 12.1 Å². The monoisotopic (exact) mass is 444 g/mol. The van der Waals surface area contributed by atoms with E-state index in [9.17, 15) is 8.42 Å². The van der Waals surface area contributed by atoms with E-state index in [1.807, 2.05) is 0 Å². The van der Waals surface area contributed by atoms with Gasteiger partial charge in [-0.2, -0.15) is 0 Å². The van der Waals surface area contributed by atoms with Gasteiger partial charge in [-0.25, -0.2) is 8.42 Å². The molecule has 0 aliphatic rings. The number of unbranched alkanes of at least 4 members (excludes halogenated alkanes) is 1. The number of hydrogen-bond acceptors (Lipinski definition) is 4. The predicted molar refractivity (Wildman–Crippen MR) is 114 cm³/mol. The predicted octanol–water partition coefficient (Wildman–Crippen LogP) is 6.43. The molecule has 0 saturated carbocycles. The SMILES string of the molecule is CCCCOc1ccc(S(=O)(=O)c2cc(Cl)c(OC[C@H](C)CC)c(Cl)c2)cc1. The molecule has 0 spiro atoms. The van der Waals surface area contributed by atoms with Gasteiger partial charge in [0.1, 0.15) is 5.75 Å². The Hall–Kier alpha value is -1.43. The Balaban J connectivity index is 2.23. The van der Waals surface area contributed by atoms with Crippen molar-refractivity contribution in [3.63, 3.8) is 0 Å². The third-order valence-electron chi connectivity index (χ3n) is 4.39. The van der Waals surface area contributed by atoms with Crippen molar-refractivity contribution in [1.82, 2.24) is 0 Å². The van der Waals surface area contributed by atoms with Crippen LogP contribution in [0.5, 0.6) is 11.5 Å². The number of rotatable bonds is 10. The summed E-state index contributed by atoms with van der Waals surface area (Å²) in [6, 6.07) is 9.09. The van der Waals surface area contributed by atoms with Crippen molar-refractivity contribution in [2.24, 2.45) is 5.92 Å². The molecule has 0 aliphatic heterocycles. The average molecular weight is 445 g/mol. The minimum Gasteiger partial charge on any atom is -0.494 e. The summed E-state index contributed by atoms with van der Waals surface area (Å²) in [5, 5.41) is 0.350. The molecule has 0 heterocycles. The normalized spacial score (nSPS) is 12.6. The lowest BCUT2D eigenvalue weighted by Crippen LogP contribution is -2.08. The fourth-order valence-corrected chi connectivity index (χ4v) is 4.40. The molecule has 7 heteroatoms. The van der Waals surface area contributed by atoms with Crippen LogP contribution in [-0.4, -0.2) is 21.6 Å². The Morgan fingerprint density at radius 2 is 1.57 bits per heavy atom. The first kappa shape index (κ1) is 22.9. The van der Waals surface area contributed by atoms with E-state index in [0.29, 0.717) is 30.6 Å². The van der Waals surface area contributed by atoms with E-state index in [-0.39, 0.29) is 19.8 Å². The topological polar surface area (TPSA) is 52.6 Å². The second-order valence-electron chi connectivity index (χ2n) is 6.72. The first-order valence-electron chi connectivity index (χ1n) is 9.39. The van der Waals surface area contributed by atoms with E-state index in [1.165, 1.54) is 24.3 Å². The molecule has 0 amide bonds. The van der Waals surface area contributed by atoms with Crippen LogP contribution in [0.4, 0.5) is 0 Å². The average Bonchev–Trinajstić information content (AvgIpc) is 2.67. The molecule has 0 saturated heterocycles. The first-order valence-corrected chi connectivity index (χ1v) is 11.6. The molecule has 154 valence electrons. The maximum atomic E-state index is 12.9. The van der Waals surface area contributed by atoms with Crippen molar-refractivity contribution < 1.29 is 17.9 Å². The zero-order chi connectivity index (χ0) is 20.7. The van der Waals surface area contributed by atoms with Gasteiger partial charge in [-0.3, -0.25) is 0 Å². The lowest BCUT2D eigenvalue weighted by Gasteiger charge is -2.15. The molecule has 0 N–H and O–H groups in total. The molecule has 0 unspecified atom stereocenters. The van der Waals surface area contributed by atoms with Crippen LogP contribution < -0.4 is 9.47 Å². The van der Waals surface area contributed by atoms with Crippen molar-refractivity contribution in [2.45, 2.75) is 49.8 Å². The molecule has 2 aromatic rings. The zero-order valence-electron chi connectivity index (χ0n) is 16.4. The summed E-state index contributed by atoms with van der Waals surface area (Å²) in [5.41, 5.74) is 0.